The molecule has 5 rings (SSSR count). The van der Waals surface area contributed by atoms with E-state index in [2.05, 4.69) is 10.2 Å². The van der Waals surface area contributed by atoms with Crippen LogP contribution in [0.25, 0.3) is 0 Å². The number of nitrogens with one attached hydrogen (secondary N) is 1. The number of imide groups is 2. The monoisotopic (exact) mass is 432 g/mol. The minimum atomic E-state index is -1.34. The fraction of sp³-hybridized carbons (Fsp3) is 0.333. The molecule has 3 aliphatic heterocycles. The fourth-order valence-corrected chi connectivity index (χ4v) is 5.39. The van der Waals surface area contributed by atoms with Gasteiger partial charge in [0.1, 0.15) is 0 Å². The van der Waals surface area contributed by atoms with Crippen molar-refractivity contribution in [2.24, 2.45) is 5.41 Å². The van der Waals surface area contributed by atoms with Crippen LogP contribution in [0, 0.1) is 5.41 Å². The molecule has 1 N–H and O–H groups in total. The molecule has 0 unspecified atom stereocenters. The Balaban J connectivity index is 1.54. The van der Waals surface area contributed by atoms with Gasteiger partial charge in [-0.3, -0.25) is 24.2 Å². The molecule has 1 atom stereocenters. The predicted octanol–water partition coefficient (Wildman–Crippen LogP) is 2.50. The Bertz CT molecular complexity index is 1120. The lowest BCUT2D eigenvalue weighted by molar-refractivity contribution is -0.159. The van der Waals surface area contributed by atoms with Crippen LogP contribution in [-0.2, 0) is 16.0 Å². The number of rotatable bonds is 2. The van der Waals surface area contributed by atoms with E-state index in [0.29, 0.717) is 17.7 Å². The zero-order valence-corrected chi connectivity index (χ0v) is 18.0. The van der Waals surface area contributed by atoms with Crippen molar-refractivity contribution in [1.29, 1.82) is 0 Å². The Hall–Kier alpha value is -3.68. The third-order valence-electron chi connectivity index (χ3n) is 6.92. The highest BCUT2D eigenvalue weighted by Gasteiger charge is 2.63. The van der Waals surface area contributed by atoms with Gasteiger partial charge >= 0.3 is 6.03 Å². The molecule has 3 heterocycles. The number of benzene rings is 2. The van der Waals surface area contributed by atoms with Crippen molar-refractivity contribution in [3.8, 4) is 0 Å². The highest BCUT2D eigenvalue weighted by molar-refractivity contribution is 6.20. The Morgan fingerprint density at radius 3 is 2.38 bits per heavy atom. The summed E-state index contributed by atoms with van der Waals surface area (Å²) in [5.41, 5.74) is 1.58. The minimum absolute atomic E-state index is 0.193. The number of barbiturate groups is 1. The van der Waals surface area contributed by atoms with Crippen LogP contribution in [0.15, 0.2) is 48.5 Å². The second kappa shape index (κ2) is 7.19. The molecular formula is C24H24N4O4. The molecule has 2 saturated heterocycles. The average molecular weight is 432 g/mol. The quantitative estimate of drug-likeness (QED) is 0.737. The first kappa shape index (κ1) is 20.2. The van der Waals surface area contributed by atoms with Gasteiger partial charge in [-0.1, -0.05) is 18.2 Å². The number of anilines is 2. The summed E-state index contributed by atoms with van der Waals surface area (Å²) in [5, 5.41) is 2.90. The molecule has 1 spiro atoms. The van der Waals surface area contributed by atoms with Gasteiger partial charge < -0.3 is 10.2 Å². The maximum Gasteiger partial charge on any atom is 0.332 e. The van der Waals surface area contributed by atoms with Crippen molar-refractivity contribution < 1.29 is 19.2 Å². The summed E-state index contributed by atoms with van der Waals surface area (Å²) in [4.78, 5) is 56.1. The van der Waals surface area contributed by atoms with Crippen LogP contribution >= 0.6 is 0 Å². The number of carbonyl (C=O) groups is 4. The zero-order valence-electron chi connectivity index (χ0n) is 18.0. The molecule has 5 amide bonds. The summed E-state index contributed by atoms with van der Waals surface area (Å²) >= 11 is 0. The first-order valence-corrected chi connectivity index (χ1v) is 10.7. The first-order valence-electron chi connectivity index (χ1n) is 10.7. The van der Waals surface area contributed by atoms with Gasteiger partial charge in [0.25, 0.3) is 5.91 Å². The third-order valence-corrected chi connectivity index (χ3v) is 6.92. The second-order valence-corrected chi connectivity index (χ2v) is 8.67. The topological polar surface area (TPSA) is 90.0 Å². The van der Waals surface area contributed by atoms with Gasteiger partial charge in [-0.15, -0.1) is 0 Å². The van der Waals surface area contributed by atoms with Gasteiger partial charge in [-0.25, -0.2) is 4.79 Å². The van der Waals surface area contributed by atoms with E-state index in [1.165, 1.54) is 14.1 Å². The van der Waals surface area contributed by atoms with E-state index in [4.69, 9.17) is 0 Å². The largest absolute Gasteiger partial charge is 0.367 e. The summed E-state index contributed by atoms with van der Waals surface area (Å²) < 4.78 is 0. The van der Waals surface area contributed by atoms with Crippen molar-refractivity contribution in [2.75, 3.05) is 30.9 Å². The lowest BCUT2D eigenvalue weighted by Crippen LogP contribution is -2.70. The molecule has 0 radical (unpaired) electrons. The van der Waals surface area contributed by atoms with E-state index in [1.54, 1.807) is 24.3 Å². The van der Waals surface area contributed by atoms with Gasteiger partial charge in [0.05, 0.1) is 6.04 Å². The van der Waals surface area contributed by atoms with Gasteiger partial charge in [0.2, 0.25) is 11.8 Å². The molecule has 164 valence electrons. The molecule has 0 aromatic heterocycles. The van der Waals surface area contributed by atoms with E-state index in [-0.39, 0.29) is 18.4 Å². The molecule has 0 aliphatic carbocycles. The SMILES string of the molecule is CN1C(=O)N(C)C(=O)C2(Cc3cc(NC(=O)c4ccccc4)ccc3N3CCC[C@@H]32)C1=O. The maximum absolute atomic E-state index is 13.4. The molecule has 2 aromatic carbocycles. The summed E-state index contributed by atoms with van der Waals surface area (Å²) in [6.45, 7) is 0.733. The second-order valence-electron chi connectivity index (χ2n) is 8.67. The van der Waals surface area contributed by atoms with E-state index >= 15 is 0 Å². The molecular weight excluding hydrogens is 408 g/mol. The number of amides is 5. The van der Waals surface area contributed by atoms with Crippen LogP contribution < -0.4 is 10.2 Å². The van der Waals surface area contributed by atoms with Gasteiger partial charge in [-0.2, -0.15) is 0 Å². The molecule has 8 nitrogen and oxygen atoms in total. The Kier molecular flexibility index (Phi) is 4.54. The lowest BCUT2D eigenvalue weighted by atomic mass is 9.68. The number of hydrogen-bond acceptors (Lipinski definition) is 5. The van der Waals surface area contributed by atoms with Crippen molar-refractivity contribution in [2.45, 2.75) is 25.3 Å². The number of urea groups is 1. The van der Waals surface area contributed by atoms with Crippen LogP contribution in [0.5, 0.6) is 0 Å². The first-order chi connectivity index (χ1) is 15.3. The smallest absolute Gasteiger partial charge is 0.332 e. The highest BCUT2D eigenvalue weighted by Crippen LogP contribution is 2.49. The fourth-order valence-electron chi connectivity index (χ4n) is 5.39. The summed E-state index contributed by atoms with van der Waals surface area (Å²) in [7, 11) is 2.86. The van der Waals surface area contributed by atoms with E-state index in [1.807, 2.05) is 24.3 Å². The normalized spacial score (nSPS) is 21.6. The molecule has 3 aliphatic rings. The molecule has 2 fully saturated rings. The van der Waals surface area contributed by atoms with Gasteiger partial charge in [0.15, 0.2) is 5.41 Å². The Morgan fingerprint density at radius 2 is 1.69 bits per heavy atom. The Morgan fingerprint density at radius 1 is 1.00 bits per heavy atom. The van der Waals surface area contributed by atoms with Crippen molar-refractivity contribution in [3.05, 3.63) is 59.7 Å². The average Bonchev–Trinajstić information content (AvgIpc) is 3.31. The molecule has 32 heavy (non-hydrogen) atoms. The number of fused-ring (bicyclic) bond motifs is 4. The van der Waals surface area contributed by atoms with E-state index in [9.17, 15) is 19.2 Å². The van der Waals surface area contributed by atoms with Gasteiger partial charge in [-0.05, 0) is 55.2 Å². The summed E-state index contributed by atoms with van der Waals surface area (Å²) in [6, 6.07) is 13.6. The summed E-state index contributed by atoms with van der Waals surface area (Å²) in [5.74, 6) is -1.14. The highest BCUT2D eigenvalue weighted by atomic mass is 16.2. The van der Waals surface area contributed by atoms with E-state index < -0.39 is 23.3 Å². The maximum atomic E-state index is 13.4. The number of carbonyl (C=O) groups excluding carboxylic acids is 4. The third kappa shape index (κ3) is 2.75. The van der Waals surface area contributed by atoms with Crippen LogP contribution in [0.1, 0.15) is 28.8 Å². The van der Waals surface area contributed by atoms with Crippen LogP contribution in [-0.4, -0.2) is 60.2 Å². The minimum Gasteiger partial charge on any atom is -0.367 e. The van der Waals surface area contributed by atoms with Crippen molar-refractivity contribution in [3.63, 3.8) is 0 Å². The molecule has 0 saturated carbocycles. The van der Waals surface area contributed by atoms with E-state index in [0.717, 1.165) is 34.0 Å². The lowest BCUT2D eigenvalue weighted by Gasteiger charge is -2.50. The Labute approximate surface area is 185 Å². The molecule has 2 aromatic rings. The van der Waals surface area contributed by atoms with Crippen LogP contribution in [0.4, 0.5) is 16.2 Å². The number of nitrogens with zero attached hydrogens (tertiary/aromatic N) is 3. The molecule has 0 bridgehead atoms. The van der Waals surface area contributed by atoms with Gasteiger partial charge in [0, 0.05) is 37.6 Å². The van der Waals surface area contributed by atoms with Crippen molar-refractivity contribution in [1.82, 2.24) is 9.80 Å². The number of hydrogen-bond donors (Lipinski definition) is 1. The zero-order chi connectivity index (χ0) is 22.6. The van der Waals surface area contributed by atoms with Crippen LogP contribution in [0.3, 0.4) is 0 Å². The van der Waals surface area contributed by atoms with Crippen LogP contribution in [0.2, 0.25) is 0 Å². The summed E-state index contributed by atoms with van der Waals surface area (Å²) in [6.07, 6.45) is 1.76. The van der Waals surface area contributed by atoms with Crippen molar-refractivity contribution >= 4 is 35.1 Å². The standard InChI is InChI=1S/C24H24N4O4/c1-26-21(30)24(22(31)27(2)23(26)32)14-16-13-17(25-20(29)15-7-4-3-5-8-15)10-11-18(16)28-12-6-9-19(24)28/h3-5,7-8,10-11,13,19H,6,9,12,14H2,1-2H3,(H,25,29)/t19-/m1/s1. The predicted molar refractivity (Wildman–Crippen MR) is 118 cm³/mol. The molecule has 8 heteroatoms.